The third-order valence-corrected chi connectivity index (χ3v) is 4.57. The number of carbonyl (C=O) groups is 1. The van der Waals surface area contributed by atoms with Crippen LogP contribution < -0.4 is 0 Å². The van der Waals surface area contributed by atoms with E-state index in [-0.39, 0.29) is 5.78 Å². The number of benzene rings is 3. The summed E-state index contributed by atoms with van der Waals surface area (Å²) in [6.45, 7) is 2.07. The molecule has 0 aliphatic rings. The van der Waals surface area contributed by atoms with Crippen molar-refractivity contribution < 1.29 is 4.79 Å². The second kappa shape index (κ2) is 7.42. The van der Waals surface area contributed by atoms with Crippen molar-refractivity contribution in [2.75, 3.05) is 0 Å². The van der Waals surface area contributed by atoms with Crippen molar-refractivity contribution >= 4 is 5.78 Å². The summed E-state index contributed by atoms with van der Waals surface area (Å²) < 4.78 is 1.87. The number of rotatable bonds is 5. The first-order valence-corrected chi connectivity index (χ1v) is 9.00. The van der Waals surface area contributed by atoms with Gasteiger partial charge >= 0.3 is 0 Å². The Morgan fingerprint density at radius 2 is 1.48 bits per heavy atom. The Hall–Kier alpha value is -3.46. The van der Waals surface area contributed by atoms with Crippen LogP contribution in [0.25, 0.3) is 16.9 Å². The van der Waals surface area contributed by atoms with Crippen LogP contribution in [0.5, 0.6) is 0 Å². The zero-order valence-corrected chi connectivity index (χ0v) is 15.2. The van der Waals surface area contributed by atoms with Crippen LogP contribution in [-0.2, 0) is 6.42 Å². The zero-order valence-electron chi connectivity index (χ0n) is 15.2. The molecule has 0 saturated carbocycles. The second-order valence-electron chi connectivity index (χ2n) is 6.60. The van der Waals surface area contributed by atoms with Gasteiger partial charge in [-0.25, -0.2) is 4.68 Å². The zero-order chi connectivity index (χ0) is 18.6. The highest BCUT2D eigenvalue weighted by molar-refractivity contribution is 5.97. The van der Waals surface area contributed by atoms with Crippen LogP contribution in [0.2, 0.25) is 0 Å². The van der Waals surface area contributed by atoms with Crippen LogP contribution in [0.15, 0.2) is 91.0 Å². The molecule has 1 aromatic heterocycles. The Morgan fingerprint density at radius 1 is 0.852 bits per heavy atom. The first-order valence-electron chi connectivity index (χ1n) is 9.00. The number of ketones is 1. The maximum Gasteiger partial charge on any atom is 0.168 e. The van der Waals surface area contributed by atoms with E-state index in [0.29, 0.717) is 6.42 Å². The summed E-state index contributed by atoms with van der Waals surface area (Å²) in [5.41, 5.74) is 5.67. The SMILES string of the molecule is Cc1ccc(-c2cc(CC(=O)c3ccccc3)n(-c3ccccc3)n2)cc1. The Balaban J connectivity index is 1.74. The van der Waals surface area contributed by atoms with E-state index in [2.05, 4.69) is 31.2 Å². The Labute approximate surface area is 158 Å². The van der Waals surface area contributed by atoms with Crippen LogP contribution in [-0.4, -0.2) is 15.6 Å². The molecule has 4 aromatic rings. The molecule has 0 aliphatic carbocycles. The molecule has 3 nitrogen and oxygen atoms in total. The van der Waals surface area contributed by atoms with Gasteiger partial charge in [0.05, 0.1) is 23.5 Å². The Morgan fingerprint density at radius 3 is 2.15 bits per heavy atom. The number of hydrogen-bond donors (Lipinski definition) is 0. The third-order valence-electron chi connectivity index (χ3n) is 4.57. The fourth-order valence-corrected chi connectivity index (χ4v) is 3.09. The summed E-state index contributed by atoms with van der Waals surface area (Å²) in [5, 5.41) is 4.79. The minimum atomic E-state index is 0.0862. The van der Waals surface area contributed by atoms with Gasteiger partial charge in [-0.05, 0) is 25.1 Å². The molecule has 0 aliphatic heterocycles. The van der Waals surface area contributed by atoms with Crippen molar-refractivity contribution in [2.24, 2.45) is 0 Å². The average molecular weight is 352 g/mol. The van der Waals surface area contributed by atoms with E-state index in [1.807, 2.05) is 71.4 Å². The normalized spacial score (nSPS) is 10.7. The van der Waals surface area contributed by atoms with E-state index in [1.54, 1.807) is 0 Å². The van der Waals surface area contributed by atoms with E-state index in [0.717, 1.165) is 28.2 Å². The molecular formula is C24H20N2O. The fraction of sp³-hybridized carbons (Fsp3) is 0.0833. The lowest BCUT2D eigenvalue weighted by Crippen LogP contribution is -2.09. The van der Waals surface area contributed by atoms with Crippen molar-refractivity contribution in [3.8, 4) is 16.9 Å². The van der Waals surface area contributed by atoms with Crippen LogP contribution in [0.4, 0.5) is 0 Å². The van der Waals surface area contributed by atoms with Gasteiger partial charge in [0.2, 0.25) is 0 Å². The molecule has 4 rings (SSSR count). The highest BCUT2D eigenvalue weighted by Gasteiger charge is 2.15. The van der Waals surface area contributed by atoms with Gasteiger partial charge in [0, 0.05) is 11.1 Å². The first kappa shape index (κ1) is 17.0. The lowest BCUT2D eigenvalue weighted by Gasteiger charge is -2.07. The van der Waals surface area contributed by atoms with Gasteiger partial charge in [0.1, 0.15) is 0 Å². The highest BCUT2D eigenvalue weighted by atomic mass is 16.1. The molecule has 3 aromatic carbocycles. The fourth-order valence-electron chi connectivity index (χ4n) is 3.09. The van der Waals surface area contributed by atoms with E-state index in [9.17, 15) is 4.79 Å². The molecule has 0 radical (unpaired) electrons. The van der Waals surface area contributed by atoms with Crippen LogP contribution >= 0.6 is 0 Å². The predicted molar refractivity (Wildman–Crippen MR) is 108 cm³/mol. The van der Waals surface area contributed by atoms with Gasteiger partial charge in [-0.2, -0.15) is 5.10 Å². The summed E-state index contributed by atoms with van der Waals surface area (Å²) in [4.78, 5) is 12.7. The van der Waals surface area contributed by atoms with Gasteiger partial charge < -0.3 is 0 Å². The Kier molecular flexibility index (Phi) is 4.67. The molecule has 27 heavy (non-hydrogen) atoms. The van der Waals surface area contributed by atoms with E-state index in [4.69, 9.17) is 5.10 Å². The maximum absolute atomic E-state index is 12.7. The number of Topliss-reactive ketones (excluding diaryl/α,β-unsaturated/α-hetero) is 1. The van der Waals surface area contributed by atoms with Crippen LogP contribution in [0.3, 0.4) is 0 Å². The summed E-state index contributed by atoms with van der Waals surface area (Å²) in [6.07, 6.45) is 0.303. The van der Waals surface area contributed by atoms with Gasteiger partial charge in [0.25, 0.3) is 0 Å². The summed E-state index contributed by atoms with van der Waals surface area (Å²) >= 11 is 0. The minimum Gasteiger partial charge on any atom is -0.294 e. The number of para-hydroxylation sites is 1. The smallest absolute Gasteiger partial charge is 0.168 e. The topological polar surface area (TPSA) is 34.9 Å². The van der Waals surface area contributed by atoms with Gasteiger partial charge in [0.15, 0.2) is 5.78 Å². The van der Waals surface area contributed by atoms with Gasteiger partial charge in [-0.3, -0.25) is 4.79 Å². The number of hydrogen-bond acceptors (Lipinski definition) is 2. The molecule has 0 bridgehead atoms. The number of carbonyl (C=O) groups excluding carboxylic acids is 1. The van der Waals surface area contributed by atoms with Crippen LogP contribution in [0, 0.1) is 6.92 Å². The lowest BCUT2D eigenvalue weighted by molar-refractivity contribution is 0.0991. The molecule has 0 fully saturated rings. The monoisotopic (exact) mass is 352 g/mol. The average Bonchev–Trinajstić information content (AvgIpc) is 3.13. The summed E-state index contributed by atoms with van der Waals surface area (Å²) in [7, 11) is 0. The molecule has 3 heteroatoms. The predicted octanol–water partition coefficient (Wildman–Crippen LogP) is 5.27. The number of aromatic nitrogens is 2. The van der Waals surface area contributed by atoms with Gasteiger partial charge in [-0.15, -0.1) is 0 Å². The molecule has 0 spiro atoms. The Bertz CT molecular complexity index is 1050. The van der Waals surface area contributed by atoms with Crippen molar-refractivity contribution in [3.63, 3.8) is 0 Å². The summed E-state index contributed by atoms with van der Waals surface area (Å²) in [5.74, 6) is 0.0862. The molecule has 0 unspecified atom stereocenters. The largest absolute Gasteiger partial charge is 0.294 e. The van der Waals surface area contributed by atoms with E-state index < -0.39 is 0 Å². The molecular weight excluding hydrogens is 332 g/mol. The second-order valence-corrected chi connectivity index (χ2v) is 6.60. The third kappa shape index (κ3) is 3.72. The standard InChI is InChI=1S/C24H20N2O/c1-18-12-14-19(15-13-18)23-16-22(17-24(27)20-8-4-2-5-9-20)26(25-23)21-10-6-3-7-11-21/h2-16H,17H2,1H3. The molecule has 0 N–H and O–H groups in total. The molecule has 0 atom stereocenters. The number of nitrogens with zero attached hydrogens (tertiary/aromatic N) is 2. The van der Waals surface area contributed by atoms with Crippen molar-refractivity contribution in [2.45, 2.75) is 13.3 Å². The van der Waals surface area contributed by atoms with Crippen molar-refractivity contribution in [3.05, 3.63) is 108 Å². The quantitative estimate of drug-likeness (QED) is 0.458. The minimum absolute atomic E-state index is 0.0862. The highest BCUT2D eigenvalue weighted by Crippen LogP contribution is 2.23. The molecule has 1 heterocycles. The first-order chi connectivity index (χ1) is 13.2. The van der Waals surface area contributed by atoms with E-state index >= 15 is 0 Å². The maximum atomic E-state index is 12.7. The van der Waals surface area contributed by atoms with Crippen LogP contribution in [0.1, 0.15) is 21.6 Å². The van der Waals surface area contributed by atoms with E-state index in [1.165, 1.54) is 5.56 Å². The summed E-state index contributed by atoms with van der Waals surface area (Å²) in [6, 6.07) is 29.6. The van der Waals surface area contributed by atoms with Crippen molar-refractivity contribution in [1.82, 2.24) is 9.78 Å². The molecule has 132 valence electrons. The molecule has 0 amide bonds. The van der Waals surface area contributed by atoms with Gasteiger partial charge in [-0.1, -0.05) is 78.4 Å². The molecule has 0 saturated heterocycles. The number of aryl methyl sites for hydroxylation is 1. The van der Waals surface area contributed by atoms with Crippen molar-refractivity contribution in [1.29, 1.82) is 0 Å². The lowest BCUT2D eigenvalue weighted by atomic mass is 10.1.